The van der Waals surface area contributed by atoms with Crippen molar-refractivity contribution in [3.8, 4) is 23.3 Å². The van der Waals surface area contributed by atoms with Crippen molar-refractivity contribution < 1.29 is 4.74 Å². The Balaban J connectivity index is 0.000000376. The predicted octanol–water partition coefficient (Wildman–Crippen LogP) is 4.04. The summed E-state index contributed by atoms with van der Waals surface area (Å²) >= 11 is 0. The van der Waals surface area contributed by atoms with Gasteiger partial charge in [0.15, 0.2) is 0 Å². The second-order valence-electron chi connectivity index (χ2n) is 7.55. The largest absolute Gasteiger partial charge is 0.470 e. The number of benzene rings is 2. The Labute approximate surface area is 193 Å². The number of rotatable bonds is 6. The van der Waals surface area contributed by atoms with Gasteiger partial charge >= 0.3 is 0 Å². The number of aromatic nitrogens is 3. The highest BCUT2D eigenvalue weighted by Crippen LogP contribution is 2.29. The van der Waals surface area contributed by atoms with Crippen LogP contribution in [-0.4, -0.2) is 40.7 Å². The maximum absolute atomic E-state index is 8.83. The van der Waals surface area contributed by atoms with E-state index in [1.54, 1.807) is 18.6 Å². The fraction of sp³-hybridized carbons (Fsp3) is 0.192. The van der Waals surface area contributed by atoms with Gasteiger partial charge in [-0.3, -0.25) is 0 Å². The Kier molecular flexibility index (Phi) is 7.66. The summed E-state index contributed by atoms with van der Waals surface area (Å²) in [5.41, 5.74) is 3.71. The summed E-state index contributed by atoms with van der Waals surface area (Å²) < 4.78 is 5.98. The third-order valence-electron chi connectivity index (χ3n) is 5.13. The van der Waals surface area contributed by atoms with Gasteiger partial charge in [-0.15, -0.1) is 0 Å². The van der Waals surface area contributed by atoms with E-state index >= 15 is 0 Å². The molecule has 0 amide bonds. The highest BCUT2D eigenvalue weighted by atomic mass is 16.5. The van der Waals surface area contributed by atoms with Crippen LogP contribution in [-0.2, 0) is 6.42 Å². The number of fused-ring (bicyclic) bond motifs is 1. The van der Waals surface area contributed by atoms with E-state index in [0.717, 1.165) is 43.1 Å². The average molecular weight is 439 g/mol. The predicted molar refractivity (Wildman–Crippen MR) is 129 cm³/mol. The summed E-state index contributed by atoms with van der Waals surface area (Å²) in [6, 6.07) is 23.8. The number of imidazole rings is 1. The van der Waals surface area contributed by atoms with Crippen molar-refractivity contribution in [2.75, 3.05) is 25.0 Å². The highest BCUT2D eigenvalue weighted by molar-refractivity contribution is 5.65. The number of nitriles is 1. The number of nitrogens with one attached hydrogen (secondary N) is 3. The van der Waals surface area contributed by atoms with E-state index in [2.05, 4.69) is 31.7 Å². The van der Waals surface area contributed by atoms with E-state index in [9.17, 15) is 0 Å². The number of pyridine rings is 1. The minimum atomic E-state index is 0.0282. The Bertz CT molecular complexity index is 1130. The molecule has 1 aliphatic heterocycles. The molecule has 5 rings (SSSR count). The standard InChI is InChI=1S/C20H20N6O.C6H6/c21-10-15-3-1-14(2-4-15)5-6-22-12-17-13-25-18-9-16(11-26-20(18)27-17)19-23-7-8-24-19;1-2-4-6-5-3-1/h1-4,7-9,11,17,22,25H,5-6,12-13H2,(H,23,24);1-6H. The molecular formula is C26H26N6O. The topological polar surface area (TPSA) is 98.7 Å². The van der Waals surface area contributed by atoms with E-state index in [4.69, 9.17) is 10.00 Å². The number of hydrogen-bond acceptors (Lipinski definition) is 6. The number of aromatic amines is 1. The second kappa shape index (κ2) is 11.5. The van der Waals surface area contributed by atoms with Crippen molar-refractivity contribution in [3.63, 3.8) is 0 Å². The van der Waals surface area contributed by atoms with E-state index < -0.39 is 0 Å². The smallest absolute Gasteiger partial charge is 0.237 e. The molecule has 0 radical (unpaired) electrons. The fourth-order valence-corrected chi connectivity index (χ4v) is 3.39. The molecule has 1 unspecified atom stereocenters. The highest BCUT2D eigenvalue weighted by Gasteiger charge is 2.20. The van der Waals surface area contributed by atoms with Crippen LogP contribution in [0.1, 0.15) is 11.1 Å². The molecule has 7 nitrogen and oxygen atoms in total. The van der Waals surface area contributed by atoms with Gasteiger partial charge in [0.2, 0.25) is 5.88 Å². The molecule has 2 aromatic heterocycles. The molecule has 0 aliphatic carbocycles. The van der Waals surface area contributed by atoms with E-state index in [-0.39, 0.29) is 6.10 Å². The van der Waals surface area contributed by atoms with Crippen LogP contribution in [0.3, 0.4) is 0 Å². The molecule has 0 saturated heterocycles. The minimum Gasteiger partial charge on any atom is -0.470 e. The first-order valence-corrected chi connectivity index (χ1v) is 10.9. The molecule has 1 aliphatic rings. The third-order valence-corrected chi connectivity index (χ3v) is 5.13. The molecule has 2 aromatic carbocycles. The molecule has 3 heterocycles. The lowest BCUT2D eigenvalue weighted by Crippen LogP contribution is -2.40. The van der Waals surface area contributed by atoms with Gasteiger partial charge in [-0.25, -0.2) is 9.97 Å². The molecule has 7 heteroatoms. The lowest BCUT2D eigenvalue weighted by molar-refractivity contribution is 0.194. The van der Waals surface area contributed by atoms with Gasteiger partial charge in [-0.05, 0) is 36.7 Å². The number of H-pyrrole nitrogens is 1. The second-order valence-corrected chi connectivity index (χ2v) is 7.55. The number of hydrogen-bond donors (Lipinski definition) is 3. The van der Waals surface area contributed by atoms with Crippen LogP contribution in [0.5, 0.6) is 5.88 Å². The maximum atomic E-state index is 8.83. The zero-order chi connectivity index (χ0) is 22.7. The van der Waals surface area contributed by atoms with Gasteiger partial charge in [-0.1, -0.05) is 48.5 Å². The van der Waals surface area contributed by atoms with Gasteiger partial charge < -0.3 is 20.4 Å². The van der Waals surface area contributed by atoms with Gasteiger partial charge in [-0.2, -0.15) is 5.26 Å². The van der Waals surface area contributed by atoms with Gasteiger partial charge in [0, 0.05) is 30.7 Å². The molecule has 0 fully saturated rings. The molecule has 0 spiro atoms. The summed E-state index contributed by atoms with van der Waals surface area (Å²) in [5, 5.41) is 15.6. The first-order chi connectivity index (χ1) is 16.3. The van der Waals surface area contributed by atoms with Crippen LogP contribution in [0, 0.1) is 11.3 Å². The monoisotopic (exact) mass is 438 g/mol. The summed E-state index contributed by atoms with van der Waals surface area (Å²) in [7, 11) is 0. The molecular weight excluding hydrogens is 412 g/mol. The first-order valence-electron chi connectivity index (χ1n) is 10.9. The molecule has 0 saturated carbocycles. The average Bonchev–Trinajstić information content (AvgIpc) is 3.43. The Hall–Kier alpha value is -4.15. The lowest BCUT2D eigenvalue weighted by atomic mass is 10.1. The summed E-state index contributed by atoms with van der Waals surface area (Å²) in [4.78, 5) is 11.7. The Morgan fingerprint density at radius 3 is 2.48 bits per heavy atom. The third kappa shape index (κ3) is 6.42. The quantitative estimate of drug-likeness (QED) is 0.393. The van der Waals surface area contributed by atoms with Crippen LogP contribution < -0.4 is 15.4 Å². The van der Waals surface area contributed by atoms with Crippen molar-refractivity contribution >= 4 is 5.69 Å². The lowest BCUT2D eigenvalue weighted by Gasteiger charge is -2.26. The first kappa shape index (κ1) is 22.1. The SMILES string of the molecule is N#Cc1ccc(CCNCC2CNc3cc(-c4ncc[nH]4)cnc3O2)cc1.c1ccccc1. The van der Waals surface area contributed by atoms with E-state index in [1.807, 2.05) is 66.7 Å². The number of ether oxygens (including phenoxy) is 1. The zero-order valence-corrected chi connectivity index (χ0v) is 18.2. The fourth-order valence-electron chi connectivity index (χ4n) is 3.39. The Morgan fingerprint density at radius 2 is 1.82 bits per heavy atom. The molecule has 33 heavy (non-hydrogen) atoms. The number of anilines is 1. The van der Waals surface area contributed by atoms with Crippen molar-refractivity contribution in [1.29, 1.82) is 5.26 Å². The van der Waals surface area contributed by atoms with Crippen LogP contribution in [0.25, 0.3) is 11.4 Å². The van der Waals surface area contributed by atoms with Crippen molar-refractivity contribution in [2.45, 2.75) is 12.5 Å². The summed E-state index contributed by atoms with van der Waals surface area (Å²) in [5.74, 6) is 1.41. The van der Waals surface area contributed by atoms with Crippen LogP contribution in [0.15, 0.2) is 85.3 Å². The maximum Gasteiger partial charge on any atom is 0.237 e. The van der Waals surface area contributed by atoms with Crippen molar-refractivity contribution in [2.24, 2.45) is 0 Å². The summed E-state index contributed by atoms with van der Waals surface area (Å²) in [6.45, 7) is 2.31. The molecule has 1 atom stereocenters. The molecule has 4 aromatic rings. The summed E-state index contributed by atoms with van der Waals surface area (Å²) in [6.07, 6.45) is 6.21. The van der Waals surface area contributed by atoms with Gasteiger partial charge in [0.1, 0.15) is 11.9 Å². The molecule has 3 N–H and O–H groups in total. The zero-order valence-electron chi connectivity index (χ0n) is 18.2. The van der Waals surface area contributed by atoms with Crippen molar-refractivity contribution in [1.82, 2.24) is 20.3 Å². The minimum absolute atomic E-state index is 0.0282. The van der Waals surface area contributed by atoms with Crippen molar-refractivity contribution in [3.05, 3.63) is 96.4 Å². The number of nitrogens with zero attached hydrogens (tertiary/aromatic N) is 3. The van der Waals surface area contributed by atoms with E-state index in [1.165, 1.54) is 5.56 Å². The van der Waals surface area contributed by atoms with Gasteiger partial charge in [0.25, 0.3) is 0 Å². The van der Waals surface area contributed by atoms with Gasteiger partial charge in [0.05, 0.1) is 23.9 Å². The molecule has 0 bridgehead atoms. The van der Waals surface area contributed by atoms with Crippen LogP contribution >= 0.6 is 0 Å². The molecule has 166 valence electrons. The normalized spacial score (nSPS) is 14.0. The van der Waals surface area contributed by atoms with Crippen LogP contribution in [0.4, 0.5) is 5.69 Å². The Morgan fingerprint density at radius 1 is 1.06 bits per heavy atom. The van der Waals surface area contributed by atoms with E-state index in [0.29, 0.717) is 11.4 Å². The van der Waals surface area contributed by atoms with Crippen LogP contribution in [0.2, 0.25) is 0 Å².